The summed E-state index contributed by atoms with van der Waals surface area (Å²) in [5, 5.41) is 12.3. The second-order valence-electron chi connectivity index (χ2n) is 6.62. The molecule has 0 bridgehead atoms. The van der Waals surface area contributed by atoms with E-state index in [1.54, 1.807) is 0 Å². The predicted molar refractivity (Wildman–Crippen MR) is 84.1 cm³/mol. The Hall–Kier alpha value is -1.69. The standard InChI is InChI=1S/C16H24N4O2/c1-3-12-11(2)9-17-15(19-12)20-6-4-16(5-7-20)8-13(14(21)22)18-10-16/h9,13,18H,3-8,10H2,1-2H3,(H,21,22)/t13-/m1/s1. The summed E-state index contributed by atoms with van der Waals surface area (Å²) in [5.41, 5.74) is 2.39. The lowest BCUT2D eigenvalue weighted by Crippen LogP contribution is -2.42. The lowest BCUT2D eigenvalue weighted by atomic mass is 9.76. The molecule has 6 heteroatoms. The zero-order chi connectivity index (χ0) is 15.7. The third-order valence-electron chi connectivity index (χ3n) is 5.16. The van der Waals surface area contributed by atoms with Crippen LogP contribution in [-0.4, -0.2) is 46.7 Å². The minimum Gasteiger partial charge on any atom is -0.480 e. The molecule has 1 aromatic heterocycles. The van der Waals surface area contributed by atoms with Crippen LogP contribution in [-0.2, 0) is 11.2 Å². The molecule has 6 nitrogen and oxygen atoms in total. The number of anilines is 1. The molecule has 1 spiro atoms. The van der Waals surface area contributed by atoms with Crippen LogP contribution < -0.4 is 10.2 Å². The second kappa shape index (κ2) is 5.83. The lowest BCUT2D eigenvalue weighted by molar-refractivity contribution is -0.139. The average molecular weight is 304 g/mol. The van der Waals surface area contributed by atoms with Crippen molar-refractivity contribution in [2.75, 3.05) is 24.5 Å². The Labute approximate surface area is 131 Å². The fourth-order valence-electron chi connectivity index (χ4n) is 3.63. The molecule has 0 radical (unpaired) electrons. The lowest BCUT2D eigenvalue weighted by Gasteiger charge is -2.39. The van der Waals surface area contributed by atoms with Crippen molar-refractivity contribution in [3.8, 4) is 0 Å². The molecule has 120 valence electrons. The number of aromatic nitrogens is 2. The van der Waals surface area contributed by atoms with Crippen LogP contribution in [0.3, 0.4) is 0 Å². The van der Waals surface area contributed by atoms with Crippen molar-refractivity contribution in [3.63, 3.8) is 0 Å². The Balaban J connectivity index is 1.66. The highest BCUT2D eigenvalue weighted by molar-refractivity contribution is 5.74. The fraction of sp³-hybridized carbons (Fsp3) is 0.688. The molecule has 0 saturated carbocycles. The Bertz CT molecular complexity index is 567. The fourth-order valence-corrected chi connectivity index (χ4v) is 3.63. The maximum absolute atomic E-state index is 11.1. The van der Waals surface area contributed by atoms with Crippen LogP contribution in [0.2, 0.25) is 0 Å². The van der Waals surface area contributed by atoms with Gasteiger partial charge in [-0.15, -0.1) is 0 Å². The number of carbonyl (C=O) groups is 1. The van der Waals surface area contributed by atoms with Gasteiger partial charge < -0.3 is 15.3 Å². The molecule has 22 heavy (non-hydrogen) atoms. The number of nitrogens with one attached hydrogen (secondary N) is 1. The van der Waals surface area contributed by atoms with E-state index in [2.05, 4.69) is 27.1 Å². The summed E-state index contributed by atoms with van der Waals surface area (Å²) in [7, 11) is 0. The number of aliphatic carboxylic acids is 1. The number of carboxylic acids is 1. The maximum Gasteiger partial charge on any atom is 0.320 e. The Morgan fingerprint density at radius 3 is 2.82 bits per heavy atom. The largest absolute Gasteiger partial charge is 0.480 e. The van der Waals surface area contributed by atoms with Gasteiger partial charge in [-0.2, -0.15) is 0 Å². The van der Waals surface area contributed by atoms with E-state index in [1.807, 2.05) is 13.1 Å². The number of rotatable bonds is 3. The Morgan fingerprint density at radius 1 is 1.50 bits per heavy atom. The normalized spacial score (nSPS) is 23.9. The van der Waals surface area contributed by atoms with Gasteiger partial charge in [0.15, 0.2) is 0 Å². The van der Waals surface area contributed by atoms with Crippen molar-refractivity contribution in [1.29, 1.82) is 0 Å². The van der Waals surface area contributed by atoms with Crippen LogP contribution in [0.5, 0.6) is 0 Å². The monoisotopic (exact) mass is 304 g/mol. The summed E-state index contributed by atoms with van der Waals surface area (Å²) in [6.07, 6.45) is 5.57. The summed E-state index contributed by atoms with van der Waals surface area (Å²) < 4.78 is 0. The highest BCUT2D eigenvalue weighted by atomic mass is 16.4. The van der Waals surface area contributed by atoms with Crippen molar-refractivity contribution in [2.45, 2.75) is 45.6 Å². The van der Waals surface area contributed by atoms with Crippen LogP contribution in [0, 0.1) is 12.3 Å². The smallest absolute Gasteiger partial charge is 0.320 e. The maximum atomic E-state index is 11.1. The molecule has 0 amide bonds. The van der Waals surface area contributed by atoms with E-state index in [4.69, 9.17) is 5.11 Å². The van der Waals surface area contributed by atoms with Crippen molar-refractivity contribution < 1.29 is 9.90 Å². The van der Waals surface area contributed by atoms with Crippen LogP contribution in [0.15, 0.2) is 6.20 Å². The number of carboxylic acid groups (broad SMARTS) is 1. The SMILES string of the molecule is CCc1nc(N2CCC3(CC2)CN[C@@H](C(=O)O)C3)ncc1C. The summed E-state index contributed by atoms with van der Waals surface area (Å²) in [6.45, 7) is 6.78. The van der Waals surface area contributed by atoms with E-state index in [0.29, 0.717) is 0 Å². The number of aryl methyl sites for hydroxylation is 2. The first kappa shape index (κ1) is 15.2. The molecule has 2 saturated heterocycles. The topological polar surface area (TPSA) is 78.4 Å². The zero-order valence-corrected chi connectivity index (χ0v) is 13.3. The average Bonchev–Trinajstić information content (AvgIpc) is 2.93. The summed E-state index contributed by atoms with van der Waals surface area (Å²) >= 11 is 0. The third kappa shape index (κ3) is 2.79. The molecule has 0 aromatic carbocycles. The van der Waals surface area contributed by atoms with Crippen molar-refractivity contribution in [3.05, 3.63) is 17.5 Å². The quantitative estimate of drug-likeness (QED) is 0.878. The minimum absolute atomic E-state index is 0.137. The van der Waals surface area contributed by atoms with Crippen LogP contribution >= 0.6 is 0 Å². The van der Waals surface area contributed by atoms with Crippen molar-refractivity contribution in [2.24, 2.45) is 5.41 Å². The zero-order valence-electron chi connectivity index (χ0n) is 13.3. The molecule has 1 aromatic rings. The van der Waals surface area contributed by atoms with E-state index in [-0.39, 0.29) is 11.5 Å². The van der Waals surface area contributed by atoms with Crippen molar-refractivity contribution in [1.82, 2.24) is 15.3 Å². The summed E-state index contributed by atoms with van der Waals surface area (Å²) in [4.78, 5) is 22.5. The molecule has 3 rings (SSSR count). The van der Waals surface area contributed by atoms with Gasteiger partial charge in [-0.1, -0.05) is 6.92 Å². The van der Waals surface area contributed by atoms with E-state index >= 15 is 0 Å². The van der Waals surface area contributed by atoms with E-state index in [9.17, 15) is 4.79 Å². The predicted octanol–water partition coefficient (Wildman–Crippen LogP) is 1.38. The molecule has 2 N–H and O–H groups in total. The van der Waals surface area contributed by atoms with E-state index < -0.39 is 5.97 Å². The van der Waals surface area contributed by atoms with Gasteiger partial charge in [0.1, 0.15) is 6.04 Å². The second-order valence-corrected chi connectivity index (χ2v) is 6.62. The first-order valence-corrected chi connectivity index (χ1v) is 8.07. The first-order chi connectivity index (χ1) is 10.5. The molecule has 3 heterocycles. The number of piperidine rings is 1. The number of hydrogen-bond donors (Lipinski definition) is 2. The molecule has 2 aliphatic heterocycles. The Morgan fingerprint density at radius 2 is 2.23 bits per heavy atom. The van der Waals surface area contributed by atoms with Gasteiger partial charge in [0, 0.05) is 31.5 Å². The molecular weight excluding hydrogens is 280 g/mol. The number of hydrogen-bond acceptors (Lipinski definition) is 5. The minimum atomic E-state index is -0.728. The van der Waals surface area contributed by atoms with Gasteiger partial charge in [-0.25, -0.2) is 9.97 Å². The van der Waals surface area contributed by atoms with Gasteiger partial charge in [-0.05, 0) is 43.6 Å². The van der Waals surface area contributed by atoms with Gasteiger partial charge in [0.05, 0.1) is 0 Å². The summed E-state index contributed by atoms with van der Waals surface area (Å²) in [5.74, 6) is 0.0896. The van der Waals surface area contributed by atoms with Gasteiger partial charge in [0.2, 0.25) is 5.95 Å². The van der Waals surface area contributed by atoms with Gasteiger partial charge >= 0.3 is 5.97 Å². The molecule has 0 unspecified atom stereocenters. The van der Waals surface area contributed by atoms with Crippen LogP contribution in [0.1, 0.15) is 37.4 Å². The highest BCUT2D eigenvalue weighted by Gasteiger charge is 2.43. The number of nitrogens with zero attached hydrogens (tertiary/aromatic N) is 3. The van der Waals surface area contributed by atoms with Crippen LogP contribution in [0.4, 0.5) is 5.95 Å². The van der Waals surface area contributed by atoms with Crippen molar-refractivity contribution >= 4 is 11.9 Å². The third-order valence-corrected chi connectivity index (χ3v) is 5.16. The van der Waals surface area contributed by atoms with Gasteiger partial charge in [0.25, 0.3) is 0 Å². The van der Waals surface area contributed by atoms with Crippen LogP contribution in [0.25, 0.3) is 0 Å². The summed E-state index contributed by atoms with van der Waals surface area (Å²) in [6, 6.07) is -0.381. The first-order valence-electron chi connectivity index (χ1n) is 8.07. The highest BCUT2D eigenvalue weighted by Crippen LogP contribution is 2.39. The molecule has 1 atom stereocenters. The molecule has 2 fully saturated rings. The van der Waals surface area contributed by atoms with E-state index in [1.165, 1.54) is 0 Å². The van der Waals surface area contributed by atoms with E-state index in [0.717, 1.165) is 62.5 Å². The molecule has 0 aliphatic carbocycles. The molecule has 2 aliphatic rings. The molecular formula is C16H24N4O2. The Kier molecular flexibility index (Phi) is 4.04. The van der Waals surface area contributed by atoms with Gasteiger partial charge in [-0.3, -0.25) is 4.79 Å².